The quantitative estimate of drug-likeness (QED) is 0.785. The predicted octanol–water partition coefficient (Wildman–Crippen LogP) is 1.02. The molecule has 1 atom stereocenters. The van der Waals surface area contributed by atoms with Crippen molar-refractivity contribution in [3.8, 4) is 0 Å². The lowest BCUT2D eigenvalue weighted by Crippen LogP contribution is -2.55. The molecule has 1 aromatic carbocycles. The van der Waals surface area contributed by atoms with Crippen LogP contribution in [0.25, 0.3) is 0 Å². The molecule has 1 saturated carbocycles. The lowest BCUT2D eigenvalue weighted by atomic mass is 9.95. The lowest BCUT2D eigenvalue weighted by molar-refractivity contribution is -0.138. The van der Waals surface area contributed by atoms with Gasteiger partial charge < -0.3 is 16.4 Å². The number of nitrogens with zero attached hydrogens (tertiary/aromatic N) is 1. The first kappa shape index (κ1) is 15.5. The molecule has 5 heteroatoms. The third-order valence-electron chi connectivity index (χ3n) is 4.02. The van der Waals surface area contributed by atoms with Gasteiger partial charge in [-0.1, -0.05) is 30.3 Å². The first-order valence-electron chi connectivity index (χ1n) is 7.31. The number of carbonyl (C=O) groups excluding carboxylic acids is 2. The topological polar surface area (TPSA) is 89.4 Å². The number of rotatable bonds is 7. The SMILES string of the molecule is CC(N)(C(=O)N(CCC(N)=O)Cc1ccccc1)C1CC1. The van der Waals surface area contributed by atoms with Crippen molar-refractivity contribution in [3.63, 3.8) is 0 Å². The third kappa shape index (κ3) is 4.04. The number of hydrogen-bond acceptors (Lipinski definition) is 3. The van der Waals surface area contributed by atoms with Gasteiger partial charge in [0, 0.05) is 19.5 Å². The molecule has 1 fully saturated rings. The summed E-state index contributed by atoms with van der Waals surface area (Å²) in [6, 6.07) is 9.69. The van der Waals surface area contributed by atoms with Gasteiger partial charge in [0.25, 0.3) is 0 Å². The molecule has 2 amide bonds. The van der Waals surface area contributed by atoms with Crippen LogP contribution in [0.4, 0.5) is 0 Å². The minimum absolute atomic E-state index is 0.102. The van der Waals surface area contributed by atoms with E-state index in [-0.39, 0.29) is 18.2 Å². The van der Waals surface area contributed by atoms with Gasteiger partial charge in [-0.05, 0) is 31.2 Å². The van der Waals surface area contributed by atoms with Gasteiger partial charge in [-0.25, -0.2) is 0 Å². The van der Waals surface area contributed by atoms with Gasteiger partial charge in [0.2, 0.25) is 11.8 Å². The van der Waals surface area contributed by atoms with Crippen LogP contribution in [-0.4, -0.2) is 28.8 Å². The van der Waals surface area contributed by atoms with Crippen LogP contribution in [0, 0.1) is 5.92 Å². The highest BCUT2D eigenvalue weighted by Crippen LogP contribution is 2.39. The molecule has 0 heterocycles. The third-order valence-corrected chi connectivity index (χ3v) is 4.02. The summed E-state index contributed by atoms with van der Waals surface area (Å²) in [6.07, 6.45) is 2.14. The van der Waals surface area contributed by atoms with Crippen molar-refractivity contribution in [2.24, 2.45) is 17.4 Å². The molecule has 0 radical (unpaired) electrons. The second-order valence-electron chi connectivity index (χ2n) is 5.99. The second kappa shape index (κ2) is 6.26. The normalized spacial score (nSPS) is 17.0. The van der Waals surface area contributed by atoms with E-state index in [1.54, 1.807) is 11.8 Å². The largest absolute Gasteiger partial charge is 0.370 e. The van der Waals surface area contributed by atoms with Crippen molar-refractivity contribution in [2.75, 3.05) is 6.54 Å². The Bertz CT molecular complexity index is 510. The van der Waals surface area contributed by atoms with Crippen LogP contribution in [0.2, 0.25) is 0 Å². The molecular weight excluding hydrogens is 266 g/mol. The van der Waals surface area contributed by atoms with Crippen molar-refractivity contribution in [2.45, 2.75) is 38.3 Å². The summed E-state index contributed by atoms with van der Waals surface area (Å²) in [5, 5.41) is 0. The van der Waals surface area contributed by atoms with E-state index in [1.165, 1.54) is 0 Å². The highest BCUT2D eigenvalue weighted by atomic mass is 16.2. The Labute approximate surface area is 125 Å². The highest BCUT2D eigenvalue weighted by Gasteiger charge is 2.45. The fourth-order valence-electron chi connectivity index (χ4n) is 2.50. The van der Waals surface area contributed by atoms with E-state index in [1.807, 2.05) is 30.3 Å². The zero-order chi connectivity index (χ0) is 15.5. The van der Waals surface area contributed by atoms with Gasteiger partial charge in [-0.15, -0.1) is 0 Å². The van der Waals surface area contributed by atoms with E-state index in [0.29, 0.717) is 13.1 Å². The molecule has 4 N–H and O–H groups in total. The molecule has 0 aromatic heterocycles. The van der Waals surface area contributed by atoms with Gasteiger partial charge in [-0.2, -0.15) is 0 Å². The number of hydrogen-bond donors (Lipinski definition) is 2. The Morgan fingerprint density at radius 3 is 2.43 bits per heavy atom. The van der Waals surface area contributed by atoms with E-state index in [0.717, 1.165) is 18.4 Å². The molecule has 0 spiro atoms. The summed E-state index contributed by atoms with van der Waals surface area (Å²) in [5.41, 5.74) is 11.6. The first-order chi connectivity index (χ1) is 9.91. The Hall–Kier alpha value is -1.88. The molecule has 1 aliphatic carbocycles. The Kier molecular flexibility index (Phi) is 4.63. The molecule has 1 aromatic rings. The van der Waals surface area contributed by atoms with Crippen molar-refractivity contribution >= 4 is 11.8 Å². The Morgan fingerprint density at radius 1 is 1.29 bits per heavy atom. The zero-order valence-electron chi connectivity index (χ0n) is 12.4. The molecular formula is C16H23N3O2. The maximum absolute atomic E-state index is 12.7. The Morgan fingerprint density at radius 2 is 1.90 bits per heavy atom. The average molecular weight is 289 g/mol. The maximum atomic E-state index is 12.7. The lowest BCUT2D eigenvalue weighted by Gasteiger charge is -2.32. The summed E-state index contributed by atoms with van der Waals surface area (Å²) >= 11 is 0. The summed E-state index contributed by atoms with van der Waals surface area (Å²) in [4.78, 5) is 25.4. The van der Waals surface area contributed by atoms with Crippen LogP contribution >= 0.6 is 0 Å². The minimum Gasteiger partial charge on any atom is -0.370 e. The van der Waals surface area contributed by atoms with E-state index in [9.17, 15) is 9.59 Å². The molecule has 5 nitrogen and oxygen atoms in total. The standard InChI is InChI=1S/C16H23N3O2/c1-16(18,13-7-8-13)15(21)19(10-9-14(17)20)11-12-5-3-2-4-6-12/h2-6,13H,7-11,18H2,1H3,(H2,17,20). The molecule has 1 unspecified atom stereocenters. The molecule has 1 aliphatic rings. The van der Waals surface area contributed by atoms with E-state index >= 15 is 0 Å². The predicted molar refractivity (Wildman–Crippen MR) is 81.0 cm³/mol. The molecule has 114 valence electrons. The summed E-state index contributed by atoms with van der Waals surface area (Å²) in [6.45, 7) is 2.55. The number of benzene rings is 1. The number of nitrogens with two attached hydrogens (primary N) is 2. The summed E-state index contributed by atoms with van der Waals surface area (Å²) < 4.78 is 0. The van der Waals surface area contributed by atoms with Gasteiger partial charge in [0.15, 0.2) is 0 Å². The average Bonchev–Trinajstić information content (AvgIpc) is 3.28. The van der Waals surface area contributed by atoms with Crippen molar-refractivity contribution < 1.29 is 9.59 Å². The fourth-order valence-corrected chi connectivity index (χ4v) is 2.50. The number of amides is 2. The number of primary amides is 1. The van der Waals surface area contributed by atoms with Crippen LogP contribution in [0.5, 0.6) is 0 Å². The maximum Gasteiger partial charge on any atom is 0.242 e. The first-order valence-corrected chi connectivity index (χ1v) is 7.31. The van der Waals surface area contributed by atoms with Crippen molar-refractivity contribution in [1.29, 1.82) is 0 Å². The van der Waals surface area contributed by atoms with Crippen LogP contribution in [0.1, 0.15) is 31.7 Å². The highest BCUT2D eigenvalue weighted by molar-refractivity contribution is 5.87. The van der Waals surface area contributed by atoms with Gasteiger partial charge >= 0.3 is 0 Å². The van der Waals surface area contributed by atoms with Crippen molar-refractivity contribution in [3.05, 3.63) is 35.9 Å². The van der Waals surface area contributed by atoms with Crippen LogP contribution in [0.15, 0.2) is 30.3 Å². The van der Waals surface area contributed by atoms with E-state index in [2.05, 4.69) is 0 Å². The second-order valence-corrected chi connectivity index (χ2v) is 5.99. The van der Waals surface area contributed by atoms with Gasteiger partial charge in [0.05, 0.1) is 5.54 Å². The van der Waals surface area contributed by atoms with Crippen molar-refractivity contribution in [1.82, 2.24) is 4.90 Å². The number of carbonyl (C=O) groups is 2. The molecule has 0 bridgehead atoms. The van der Waals surface area contributed by atoms with Gasteiger partial charge in [0.1, 0.15) is 0 Å². The molecule has 0 aliphatic heterocycles. The smallest absolute Gasteiger partial charge is 0.242 e. The van der Waals surface area contributed by atoms with Gasteiger partial charge in [-0.3, -0.25) is 9.59 Å². The zero-order valence-corrected chi connectivity index (χ0v) is 12.4. The Balaban J connectivity index is 2.11. The van der Waals surface area contributed by atoms with E-state index in [4.69, 9.17) is 11.5 Å². The van der Waals surface area contributed by atoms with Crippen LogP contribution in [-0.2, 0) is 16.1 Å². The molecule has 0 saturated heterocycles. The fraction of sp³-hybridized carbons (Fsp3) is 0.500. The summed E-state index contributed by atoms with van der Waals surface area (Å²) in [7, 11) is 0. The molecule has 2 rings (SSSR count). The van der Waals surface area contributed by atoms with Crippen LogP contribution < -0.4 is 11.5 Å². The van der Waals surface area contributed by atoms with E-state index < -0.39 is 11.4 Å². The minimum atomic E-state index is -0.855. The van der Waals surface area contributed by atoms with Crippen LogP contribution in [0.3, 0.4) is 0 Å². The monoisotopic (exact) mass is 289 g/mol. The molecule has 21 heavy (non-hydrogen) atoms. The summed E-state index contributed by atoms with van der Waals surface area (Å²) in [5.74, 6) is -0.266.